The lowest BCUT2D eigenvalue weighted by Gasteiger charge is -2.27. The van der Waals surface area contributed by atoms with E-state index in [2.05, 4.69) is 56.6 Å². The number of carboxylic acid groups (broad SMARTS) is 1. The highest BCUT2D eigenvalue weighted by Crippen LogP contribution is 2.33. The number of aliphatic carboxylic acids is 1. The second kappa shape index (κ2) is 16.4. The minimum absolute atomic E-state index is 0.00969. The molecule has 0 aliphatic carbocycles. The third kappa shape index (κ3) is 11.7. The largest absolute Gasteiger partial charge is 0.481 e. The lowest BCUT2D eigenvalue weighted by molar-refractivity contribution is -0.137. The molecule has 2 atom stereocenters. The van der Waals surface area contributed by atoms with Crippen LogP contribution in [0.1, 0.15) is 80.2 Å². The molecule has 0 aliphatic rings. The van der Waals surface area contributed by atoms with Gasteiger partial charge in [0.1, 0.15) is 6.04 Å². The van der Waals surface area contributed by atoms with Gasteiger partial charge in [0.2, 0.25) is 17.7 Å². The molecule has 0 fully saturated rings. The first kappa shape index (κ1) is 33.4. The number of amides is 3. The van der Waals surface area contributed by atoms with E-state index < -0.39 is 23.8 Å². The van der Waals surface area contributed by atoms with Crippen LogP contribution in [-0.2, 0) is 25.6 Å². The standard InChI is InChI=1S/C30H43N3O5S2/c1-6-8-15-30(5,7-2)39-19-27(35)31-18-26(34)33-24(13-14-28(36)37)29(38)32-23-11-9-22(10-12-23)17-25-20(3)16-21(4)40-25/h9-12,16,24H,6-8,13-15,17-19H2,1-5H3,(H,31,35)(H,32,38)(H,33,34)(H,36,37)/t24-,30?/m0/s1. The number of benzene rings is 1. The maximum atomic E-state index is 12.9. The number of carboxylic acids is 1. The molecule has 0 radical (unpaired) electrons. The second-order valence-corrected chi connectivity index (χ2v) is 13.3. The zero-order valence-corrected chi connectivity index (χ0v) is 25.9. The number of hydrogen-bond acceptors (Lipinski definition) is 6. The number of carbonyl (C=O) groups excluding carboxylic acids is 3. The van der Waals surface area contributed by atoms with Gasteiger partial charge in [0, 0.05) is 33.0 Å². The summed E-state index contributed by atoms with van der Waals surface area (Å²) in [4.78, 5) is 51.6. The first-order chi connectivity index (χ1) is 18.9. The fourth-order valence-electron chi connectivity index (χ4n) is 4.14. The van der Waals surface area contributed by atoms with Gasteiger partial charge in [0.15, 0.2) is 0 Å². The van der Waals surface area contributed by atoms with Crippen molar-refractivity contribution in [1.29, 1.82) is 0 Å². The van der Waals surface area contributed by atoms with Gasteiger partial charge < -0.3 is 21.1 Å². The molecular formula is C30H43N3O5S2. The Morgan fingerprint density at radius 3 is 2.35 bits per heavy atom. The molecule has 0 spiro atoms. The van der Waals surface area contributed by atoms with E-state index in [1.807, 2.05) is 12.1 Å². The molecule has 0 bridgehead atoms. The maximum absolute atomic E-state index is 12.9. The minimum atomic E-state index is -1.07. The Hall–Kier alpha value is -2.85. The molecule has 1 unspecified atom stereocenters. The summed E-state index contributed by atoms with van der Waals surface area (Å²) in [6.45, 7) is 10.3. The van der Waals surface area contributed by atoms with Gasteiger partial charge in [0.25, 0.3) is 0 Å². The normalized spacial score (nSPS) is 13.2. The fourth-order valence-corrected chi connectivity index (χ4v) is 6.30. The number of nitrogens with one attached hydrogen (secondary N) is 3. The van der Waals surface area contributed by atoms with Gasteiger partial charge in [-0.3, -0.25) is 19.2 Å². The smallest absolute Gasteiger partial charge is 0.303 e. The van der Waals surface area contributed by atoms with E-state index in [4.69, 9.17) is 5.11 Å². The van der Waals surface area contributed by atoms with E-state index >= 15 is 0 Å². The number of thiophene rings is 1. The predicted molar refractivity (Wildman–Crippen MR) is 164 cm³/mol. The van der Waals surface area contributed by atoms with Crippen molar-refractivity contribution in [1.82, 2.24) is 10.6 Å². The van der Waals surface area contributed by atoms with Crippen LogP contribution in [0.3, 0.4) is 0 Å². The zero-order chi connectivity index (χ0) is 29.7. The van der Waals surface area contributed by atoms with E-state index in [-0.39, 0.29) is 35.8 Å². The van der Waals surface area contributed by atoms with E-state index in [0.717, 1.165) is 37.7 Å². The molecule has 1 aromatic carbocycles. The monoisotopic (exact) mass is 589 g/mol. The summed E-state index contributed by atoms with van der Waals surface area (Å²) >= 11 is 3.35. The van der Waals surface area contributed by atoms with Gasteiger partial charge in [-0.05, 0) is 62.4 Å². The molecule has 8 nitrogen and oxygen atoms in total. The number of anilines is 1. The van der Waals surface area contributed by atoms with Crippen LogP contribution in [0.15, 0.2) is 30.3 Å². The summed E-state index contributed by atoms with van der Waals surface area (Å²) in [6.07, 6.45) is 4.61. The van der Waals surface area contributed by atoms with Crippen LogP contribution in [0, 0.1) is 13.8 Å². The number of rotatable bonds is 17. The molecule has 0 saturated carbocycles. The molecule has 10 heteroatoms. The average Bonchev–Trinajstić information content (AvgIpc) is 3.24. The minimum Gasteiger partial charge on any atom is -0.481 e. The van der Waals surface area contributed by atoms with Crippen LogP contribution in [-0.4, -0.2) is 51.9 Å². The molecular weight excluding hydrogens is 546 g/mol. The van der Waals surface area contributed by atoms with Crippen molar-refractivity contribution < 1.29 is 24.3 Å². The maximum Gasteiger partial charge on any atom is 0.303 e. The third-order valence-electron chi connectivity index (χ3n) is 6.83. The SMILES string of the molecule is CCCCC(C)(CC)SCC(=O)NCC(=O)N[C@@H](CCC(=O)O)C(=O)Nc1ccc(Cc2sc(C)cc2C)cc1. The molecule has 1 aromatic heterocycles. The van der Waals surface area contributed by atoms with Crippen LogP contribution in [0.5, 0.6) is 0 Å². The van der Waals surface area contributed by atoms with Crippen molar-refractivity contribution in [2.24, 2.45) is 0 Å². The Kier molecular flexibility index (Phi) is 13.7. The van der Waals surface area contributed by atoms with Gasteiger partial charge >= 0.3 is 5.97 Å². The van der Waals surface area contributed by atoms with Gasteiger partial charge in [-0.1, -0.05) is 45.7 Å². The lowest BCUT2D eigenvalue weighted by Crippen LogP contribution is -2.48. The quantitative estimate of drug-likeness (QED) is 0.194. The highest BCUT2D eigenvalue weighted by atomic mass is 32.2. The first-order valence-corrected chi connectivity index (χ1v) is 15.6. The summed E-state index contributed by atoms with van der Waals surface area (Å²) < 4.78 is 0.00969. The summed E-state index contributed by atoms with van der Waals surface area (Å²) in [6, 6.07) is 8.58. The Labute approximate surface area is 246 Å². The molecule has 2 rings (SSSR count). The Balaban J connectivity index is 1.90. The van der Waals surface area contributed by atoms with Gasteiger partial charge in [-0.25, -0.2) is 0 Å². The van der Waals surface area contributed by atoms with E-state index in [0.29, 0.717) is 5.69 Å². The molecule has 40 heavy (non-hydrogen) atoms. The Bertz CT molecular complexity index is 1150. The van der Waals surface area contributed by atoms with Crippen LogP contribution in [0.4, 0.5) is 5.69 Å². The zero-order valence-electron chi connectivity index (χ0n) is 24.2. The number of hydrogen-bond donors (Lipinski definition) is 4. The average molecular weight is 590 g/mol. The van der Waals surface area contributed by atoms with Crippen molar-refractivity contribution >= 4 is 52.5 Å². The topological polar surface area (TPSA) is 125 Å². The molecule has 4 N–H and O–H groups in total. The van der Waals surface area contributed by atoms with Crippen molar-refractivity contribution in [3.63, 3.8) is 0 Å². The van der Waals surface area contributed by atoms with Crippen LogP contribution < -0.4 is 16.0 Å². The van der Waals surface area contributed by atoms with Gasteiger partial charge in [0.05, 0.1) is 12.3 Å². The molecule has 0 aliphatic heterocycles. The number of carbonyl (C=O) groups is 4. The third-order valence-corrected chi connectivity index (χ3v) is 9.58. The van der Waals surface area contributed by atoms with Gasteiger partial charge in [-0.15, -0.1) is 23.1 Å². The van der Waals surface area contributed by atoms with Crippen LogP contribution in [0.25, 0.3) is 0 Å². The molecule has 220 valence electrons. The summed E-state index contributed by atoms with van der Waals surface area (Å²) in [7, 11) is 0. The van der Waals surface area contributed by atoms with Gasteiger partial charge in [-0.2, -0.15) is 0 Å². The van der Waals surface area contributed by atoms with Crippen LogP contribution in [0.2, 0.25) is 0 Å². The molecule has 1 heterocycles. The summed E-state index contributed by atoms with van der Waals surface area (Å²) in [5, 5.41) is 17.1. The van der Waals surface area contributed by atoms with E-state index in [9.17, 15) is 19.2 Å². The van der Waals surface area contributed by atoms with Crippen molar-refractivity contribution in [2.45, 2.75) is 90.4 Å². The van der Waals surface area contributed by atoms with E-state index in [1.165, 1.54) is 15.3 Å². The highest BCUT2D eigenvalue weighted by Gasteiger charge is 2.24. The molecule has 2 aromatic rings. The first-order valence-electron chi connectivity index (χ1n) is 13.8. The lowest BCUT2D eigenvalue weighted by atomic mass is 10.0. The van der Waals surface area contributed by atoms with Crippen molar-refractivity contribution in [3.8, 4) is 0 Å². The number of aryl methyl sites for hydroxylation is 2. The Morgan fingerprint density at radius 1 is 1.07 bits per heavy atom. The van der Waals surface area contributed by atoms with Crippen molar-refractivity contribution in [2.75, 3.05) is 17.6 Å². The molecule has 0 saturated heterocycles. The summed E-state index contributed by atoms with van der Waals surface area (Å²) in [5.74, 6) is -2.14. The predicted octanol–water partition coefficient (Wildman–Crippen LogP) is 5.45. The Morgan fingerprint density at radius 2 is 1.77 bits per heavy atom. The number of unbranched alkanes of at least 4 members (excludes halogenated alkanes) is 1. The second-order valence-electron chi connectivity index (χ2n) is 10.4. The summed E-state index contributed by atoms with van der Waals surface area (Å²) in [5.41, 5.74) is 2.92. The number of thioether (sulfide) groups is 1. The van der Waals surface area contributed by atoms with Crippen LogP contribution >= 0.6 is 23.1 Å². The van der Waals surface area contributed by atoms with Crippen molar-refractivity contribution in [3.05, 3.63) is 51.2 Å². The highest BCUT2D eigenvalue weighted by molar-refractivity contribution is 8.01. The van der Waals surface area contributed by atoms with E-state index in [1.54, 1.807) is 35.2 Å². The fraction of sp³-hybridized carbons (Fsp3) is 0.533. The molecule has 3 amide bonds.